The fourth-order valence-electron chi connectivity index (χ4n) is 10.1. The maximum atomic E-state index is 15.4. The molecular weight excluding hydrogens is 1080 g/mol. The first-order chi connectivity index (χ1) is 31.3. The van der Waals surface area contributed by atoms with E-state index in [-0.39, 0.29) is 83.0 Å². The second-order valence-electron chi connectivity index (χ2n) is 17.2. The van der Waals surface area contributed by atoms with E-state index in [0.29, 0.717) is 28.8 Å². The number of ether oxygens (including phenoxy) is 2. The zero-order chi connectivity index (χ0) is 47.4. The van der Waals surface area contributed by atoms with Crippen molar-refractivity contribution in [2.24, 2.45) is 23.7 Å². The number of halogens is 7. The third-order valence-electron chi connectivity index (χ3n) is 13.4. The molecule has 0 N–H and O–H groups in total. The maximum absolute atomic E-state index is 15.4. The summed E-state index contributed by atoms with van der Waals surface area (Å²) in [6.07, 6.45) is 1.76. The predicted molar refractivity (Wildman–Crippen MR) is 249 cm³/mol. The lowest BCUT2D eigenvalue weighted by Gasteiger charge is -2.49. The van der Waals surface area contributed by atoms with Gasteiger partial charge in [0.2, 0.25) is 0 Å². The lowest BCUT2D eigenvalue weighted by Crippen LogP contribution is -2.52. The molecule has 5 aromatic rings. The lowest BCUT2D eigenvalue weighted by atomic mass is 9.69. The Bertz CT molecular complexity index is 2980. The first-order valence-electron chi connectivity index (χ1n) is 21.0. The molecule has 0 amide bonds. The summed E-state index contributed by atoms with van der Waals surface area (Å²) in [7, 11) is -12.3. The van der Waals surface area contributed by atoms with Gasteiger partial charge < -0.3 is 9.47 Å². The fraction of sp³-hybridized carbons (Fsp3) is 0.362. The minimum atomic E-state index is -4.27. The highest BCUT2D eigenvalue weighted by atomic mass is 127. The summed E-state index contributed by atoms with van der Waals surface area (Å²) in [6, 6.07) is 21.4. The normalized spacial score (nSPS) is 24.8. The van der Waals surface area contributed by atoms with Crippen molar-refractivity contribution in [3.05, 3.63) is 147 Å². The highest BCUT2D eigenvalue weighted by Gasteiger charge is 2.61. The number of rotatable bonds is 9. The van der Waals surface area contributed by atoms with E-state index < -0.39 is 80.1 Å². The van der Waals surface area contributed by atoms with E-state index in [0.717, 1.165) is 34.3 Å². The number of benzene rings is 5. The SMILES string of the molecule is Cc1ccc(S(=O)(=O)OC[C@@H]2CC[C@@]3(S(=O)(=O)c4ccc(Cl)cc4)c4c(F)ccc(F)c4OC[C@H]3C2)cc1.O=S(=O)(c1ccc(Cl)cc1)[C@@]12CC[C@@H](CI)C[C@@H]1COc1c(F)ccc(F)c12. The number of aryl methyl sites for hydroxylation is 1. The fourth-order valence-corrected chi connectivity index (χ4v) is 16.9. The molecule has 0 saturated heterocycles. The van der Waals surface area contributed by atoms with Crippen LogP contribution in [-0.4, -0.2) is 49.5 Å². The molecular formula is C47H43Cl2F4IO9S3. The van der Waals surface area contributed by atoms with E-state index in [1.54, 1.807) is 12.1 Å². The third-order valence-corrected chi connectivity index (χ3v) is 21.7. The van der Waals surface area contributed by atoms with Crippen LogP contribution in [0, 0.1) is 53.9 Å². The molecule has 0 bridgehead atoms. The van der Waals surface area contributed by atoms with Crippen LogP contribution in [0.3, 0.4) is 0 Å². The first kappa shape index (κ1) is 49.0. The van der Waals surface area contributed by atoms with Crippen LogP contribution in [0.2, 0.25) is 10.0 Å². The standard InChI is InChI=1S/C27H25ClF2O6S2.C20H18ClF2IO3S/c1-17-2-6-22(7-3-17)38(33,34)36-15-18-12-13-27(37(31,32)21-8-4-20(28)5-9-21)19(14-18)16-35-26-24(30)11-10-23(29)25(26)27;21-14-1-3-15(4-2-14)28(25,26)20-8-7-12(10-24)9-13(20)11-27-19-17(23)6-5-16(22)18(19)20/h2-11,18-19H,12-16H2,1H3;1-6,12-13H,7-11H2/t18-,19-,27+;12-,13-,20+/m11/s1. The highest BCUT2D eigenvalue weighted by Crippen LogP contribution is 2.59. The number of hydrogen-bond donors (Lipinski definition) is 0. The van der Waals surface area contributed by atoms with Gasteiger partial charge in [-0.25, -0.2) is 34.4 Å². The molecule has 2 aliphatic heterocycles. The summed E-state index contributed by atoms with van der Waals surface area (Å²) in [5, 5.41) is 0.740. The van der Waals surface area contributed by atoms with E-state index >= 15 is 8.78 Å². The quantitative estimate of drug-likeness (QED) is 0.0613. The van der Waals surface area contributed by atoms with Gasteiger partial charge >= 0.3 is 0 Å². The van der Waals surface area contributed by atoms with Gasteiger partial charge in [0.15, 0.2) is 42.8 Å². The molecule has 0 unspecified atom stereocenters. The van der Waals surface area contributed by atoms with Crippen molar-refractivity contribution in [3.63, 3.8) is 0 Å². The van der Waals surface area contributed by atoms with Crippen LogP contribution >= 0.6 is 45.8 Å². The number of alkyl halides is 1. The van der Waals surface area contributed by atoms with Crippen LogP contribution in [-0.2, 0) is 43.5 Å². The van der Waals surface area contributed by atoms with Crippen molar-refractivity contribution in [3.8, 4) is 11.5 Å². The average Bonchev–Trinajstić information content (AvgIpc) is 3.30. The smallest absolute Gasteiger partial charge is 0.296 e. The Hall–Kier alpha value is -3.46. The lowest BCUT2D eigenvalue weighted by molar-refractivity contribution is 0.0805. The Morgan fingerprint density at radius 3 is 1.42 bits per heavy atom. The minimum Gasteiger partial charge on any atom is -0.490 e. The van der Waals surface area contributed by atoms with Crippen LogP contribution < -0.4 is 9.47 Å². The van der Waals surface area contributed by atoms with Crippen LogP contribution in [0.25, 0.3) is 0 Å². The van der Waals surface area contributed by atoms with Gasteiger partial charge in [-0.1, -0.05) is 63.5 Å². The number of fused-ring (bicyclic) bond motifs is 6. The molecule has 2 fully saturated rings. The van der Waals surface area contributed by atoms with Gasteiger partial charge in [0.1, 0.15) is 21.1 Å². The van der Waals surface area contributed by atoms with Gasteiger partial charge in [0.25, 0.3) is 10.1 Å². The third kappa shape index (κ3) is 8.54. The van der Waals surface area contributed by atoms with Gasteiger partial charge in [0, 0.05) is 26.3 Å². The van der Waals surface area contributed by atoms with E-state index in [2.05, 4.69) is 22.6 Å². The molecule has 9 rings (SSSR count). The molecule has 6 atom stereocenters. The van der Waals surface area contributed by atoms with Crippen molar-refractivity contribution >= 4 is 75.6 Å². The zero-order valence-electron chi connectivity index (χ0n) is 35.2. The molecule has 4 aliphatic rings. The van der Waals surface area contributed by atoms with Gasteiger partial charge in [-0.15, -0.1) is 0 Å². The summed E-state index contributed by atoms with van der Waals surface area (Å²) in [4.78, 5) is 0.0115. The van der Waals surface area contributed by atoms with Gasteiger partial charge in [-0.2, -0.15) is 8.42 Å². The molecule has 5 aromatic carbocycles. The molecule has 2 saturated carbocycles. The van der Waals surface area contributed by atoms with E-state index in [4.69, 9.17) is 36.9 Å². The second-order valence-corrected chi connectivity index (χ2v) is 24.9. The predicted octanol–water partition coefficient (Wildman–Crippen LogP) is 11.3. The second kappa shape index (κ2) is 18.8. The first-order valence-corrected chi connectivity index (χ1v) is 27.7. The van der Waals surface area contributed by atoms with Crippen molar-refractivity contribution in [1.29, 1.82) is 0 Å². The van der Waals surface area contributed by atoms with E-state index in [1.807, 2.05) is 6.92 Å². The van der Waals surface area contributed by atoms with Gasteiger partial charge in [-0.3, -0.25) is 4.18 Å². The van der Waals surface area contributed by atoms with Crippen molar-refractivity contribution in [2.75, 3.05) is 24.2 Å². The average molecular weight is 1120 g/mol. The monoisotopic (exact) mass is 1120 g/mol. The van der Waals surface area contributed by atoms with E-state index in [9.17, 15) is 34.0 Å². The van der Waals surface area contributed by atoms with Crippen molar-refractivity contribution in [1.82, 2.24) is 0 Å². The maximum Gasteiger partial charge on any atom is 0.296 e. The van der Waals surface area contributed by atoms with Crippen LogP contribution in [0.15, 0.2) is 112 Å². The minimum absolute atomic E-state index is 0.0195. The Labute approximate surface area is 405 Å². The van der Waals surface area contributed by atoms with Crippen LogP contribution in [0.1, 0.15) is 55.2 Å². The summed E-state index contributed by atoms with van der Waals surface area (Å²) in [5.41, 5.74) is 0.414. The van der Waals surface area contributed by atoms with Gasteiger partial charge in [0.05, 0.1) is 45.6 Å². The van der Waals surface area contributed by atoms with E-state index in [1.165, 1.54) is 60.7 Å². The zero-order valence-corrected chi connectivity index (χ0v) is 41.3. The van der Waals surface area contributed by atoms with Crippen LogP contribution in [0.4, 0.5) is 17.6 Å². The molecule has 66 heavy (non-hydrogen) atoms. The molecule has 0 spiro atoms. The van der Waals surface area contributed by atoms with Crippen molar-refractivity contribution in [2.45, 2.75) is 69.6 Å². The van der Waals surface area contributed by atoms with Crippen LogP contribution in [0.5, 0.6) is 11.5 Å². The Balaban J connectivity index is 0.000000188. The molecule has 2 heterocycles. The summed E-state index contributed by atoms with van der Waals surface area (Å²) in [6.45, 7) is 1.53. The molecule has 352 valence electrons. The largest absolute Gasteiger partial charge is 0.490 e. The highest BCUT2D eigenvalue weighted by molar-refractivity contribution is 14.1. The Morgan fingerprint density at radius 2 is 0.985 bits per heavy atom. The number of sulfone groups is 2. The summed E-state index contributed by atoms with van der Waals surface area (Å²) in [5.74, 6) is -5.15. The van der Waals surface area contributed by atoms with Gasteiger partial charge in [-0.05, 0) is 142 Å². The molecule has 2 aliphatic carbocycles. The molecule has 0 aromatic heterocycles. The Morgan fingerprint density at radius 1 is 0.591 bits per heavy atom. The Kier molecular flexibility index (Phi) is 13.9. The summed E-state index contributed by atoms with van der Waals surface area (Å²) >= 11 is 14.2. The molecule has 0 radical (unpaired) electrons. The number of hydrogen-bond acceptors (Lipinski definition) is 9. The molecule has 9 nitrogen and oxygen atoms in total. The van der Waals surface area contributed by atoms with Crippen molar-refractivity contribution < 1.29 is 56.5 Å². The topological polar surface area (TPSA) is 130 Å². The molecule has 19 heteroatoms. The summed E-state index contributed by atoms with van der Waals surface area (Å²) < 4.78 is 155.